The van der Waals surface area contributed by atoms with Gasteiger partial charge in [-0.25, -0.2) is 4.39 Å². The number of benzene rings is 2. The van der Waals surface area contributed by atoms with E-state index in [1.165, 1.54) is 19.3 Å². The maximum absolute atomic E-state index is 13.8. The molecule has 30 heavy (non-hydrogen) atoms. The summed E-state index contributed by atoms with van der Waals surface area (Å²) in [4.78, 5) is 12.4. The number of nitriles is 1. The molecule has 0 aliphatic heterocycles. The molecule has 156 valence electrons. The first-order valence-corrected chi connectivity index (χ1v) is 10.5. The van der Waals surface area contributed by atoms with E-state index in [4.69, 9.17) is 9.47 Å². The van der Waals surface area contributed by atoms with Gasteiger partial charge in [0, 0.05) is 16.1 Å². The molecular weight excluding hydrogens is 451 g/mol. The van der Waals surface area contributed by atoms with E-state index in [1.54, 1.807) is 30.3 Å². The standard InChI is InChI=1S/C23H22BrFN2O3/c1-29-21-11-16(10-17(13-26)23(28)27-18-7-3-4-8-18)19(24)12-22(21)30-14-15-6-2-5-9-20(15)25/h2,5-6,9-12,18H,3-4,7-8,14H2,1H3,(H,27,28)/b17-10-. The lowest BCUT2D eigenvalue weighted by Gasteiger charge is -2.14. The molecule has 0 saturated heterocycles. The maximum Gasteiger partial charge on any atom is 0.262 e. The van der Waals surface area contributed by atoms with E-state index < -0.39 is 0 Å². The number of carbonyl (C=O) groups excluding carboxylic acids is 1. The number of carbonyl (C=O) groups is 1. The van der Waals surface area contributed by atoms with E-state index in [0.29, 0.717) is 27.1 Å². The van der Waals surface area contributed by atoms with E-state index in [1.807, 2.05) is 6.07 Å². The zero-order chi connectivity index (χ0) is 21.5. The van der Waals surface area contributed by atoms with Gasteiger partial charge < -0.3 is 14.8 Å². The highest BCUT2D eigenvalue weighted by atomic mass is 79.9. The average molecular weight is 473 g/mol. The predicted molar refractivity (Wildman–Crippen MR) is 115 cm³/mol. The number of hydrogen-bond donors (Lipinski definition) is 1. The van der Waals surface area contributed by atoms with Gasteiger partial charge >= 0.3 is 0 Å². The highest BCUT2D eigenvalue weighted by molar-refractivity contribution is 9.10. The Hall–Kier alpha value is -2.85. The summed E-state index contributed by atoms with van der Waals surface area (Å²) in [6.07, 6.45) is 5.57. The van der Waals surface area contributed by atoms with Crippen molar-refractivity contribution in [2.24, 2.45) is 0 Å². The Balaban J connectivity index is 1.79. The summed E-state index contributed by atoms with van der Waals surface area (Å²) in [5.41, 5.74) is 1.04. The molecule has 7 heteroatoms. The molecular formula is C23H22BrFN2O3. The Kier molecular flexibility index (Phi) is 7.47. The molecule has 5 nitrogen and oxygen atoms in total. The summed E-state index contributed by atoms with van der Waals surface area (Å²) < 4.78 is 25.6. The first-order chi connectivity index (χ1) is 14.5. The van der Waals surface area contributed by atoms with Gasteiger partial charge in [0.15, 0.2) is 11.5 Å². The largest absolute Gasteiger partial charge is 0.493 e. The Labute approximate surface area is 183 Å². The van der Waals surface area contributed by atoms with Crippen LogP contribution in [0.1, 0.15) is 36.8 Å². The first kappa shape index (κ1) is 21.8. The second kappa shape index (κ2) is 10.3. The summed E-state index contributed by atoms with van der Waals surface area (Å²) in [6.45, 7) is 0.0396. The van der Waals surface area contributed by atoms with Crippen LogP contribution < -0.4 is 14.8 Å². The second-order valence-electron chi connectivity index (χ2n) is 7.03. The lowest BCUT2D eigenvalue weighted by molar-refractivity contribution is -0.117. The first-order valence-electron chi connectivity index (χ1n) is 9.68. The Morgan fingerprint density at radius 1 is 1.30 bits per heavy atom. The minimum Gasteiger partial charge on any atom is -0.493 e. The fraction of sp³-hybridized carbons (Fsp3) is 0.304. The van der Waals surface area contributed by atoms with Crippen LogP contribution in [0.5, 0.6) is 11.5 Å². The van der Waals surface area contributed by atoms with Crippen LogP contribution in [-0.4, -0.2) is 19.1 Å². The van der Waals surface area contributed by atoms with Crippen molar-refractivity contribution in [1.29, 1.82) is 5.26 Å². The second-order valence-corrected chi connectivity index (χ2v) is 7.88. The van der Waals surface area contributed by atoms with Crippen molar-refractivity contribution < 1.29 is 18.7 Å². The van der Waals surface area contributed by atoms with Crippen LogP contribution in [0.3, 0.4) is 0 Å². The fourth-order valence-corrected chi connectivity index (χ4v) is 3.78. The number of nitrogens with zero attached hydrogens (tertiary/aromatic N) is 1. The van der Waals surface area contributed by atoms with Crippen molar-refractivity contribution in [3.63, 3.8) is 0 Å². The van der Waals surface area contributed by atoms with E-state index >= 15 is 0 Å². The number of halogens is 2. The molecule has 2 aromatic carbocycles. The van der Waals surface area contributed by atoms with Gasteiger partial charge in [-0.1, -0.05) is 47.0 Å². The van der Waals surface area contributed by atoms with Crippen molar-refractivity contribution in [3.8, 4) is 17.6 Å². The number of methoxy groups -OCH3 is 1. The molecule has 0 bridgehead atoms. The highest BCUT2D eigenvalue weighted by Crippen LogP contribution is 2.35. The lowest BCUT2D eigenvalue weighted by atomic mass is 10.1. The van der Waals surface area contributed by atoms with Crippen LogP contribution >= 0.6 is 15.9 Å². The monoisotopic (exact) mass is 472 g/mol. The van der Waals surface area contributed by atoms with E-state index in [-0.39, 0.29) is 29.9 Å². The number of amides is 1. The van der Waals surface area contributed by atoms with Gasteiger partial charge in [-0.05, 0) is 42.7 Å². The molecule has 1 fully saturated rings. The van der Waals surface area contributed by atoms with Gasteiger partial charge in [0.2, 0.25) is 0 Å². The van der Waals surface area contributed by atoms with Crippen molar-refractivity contribution >= 4 is 27.9 Å². The third kappa shape index (κ3) is 5.39. The molecule has 0 radical (unpaired) electrons. The molecule has 0 unspecified atom stereocenters. The van der Waals surface area contributed by atoms with E-state index in [2.05, 4.69) is 21.2 Å². The van der Waals surface area contributed by atoms with E-state index in [0.717, 1.165) is 25.7 Å². The molecule has 0 spiro atoms. The molecule has 0 aromatic heterocycles. The van der Waals surface area contributed by atoms with Gasteiger partial charge in [-0.3, -0.25) is 4.79 Å². The SMILES string of the molecule is COc1cc(/C=C(/C#N)C(=O)NC2CCCC2)c(Br)cc1OCc1ccccc1F. The number of hydrogen-bond acceptors (Lipinski definition) is 4. The van der Waals surface area contributed by atoms with Gasteiger partial charge in [0.25, 0.3) is 5.91 Å². The van der Waals surface area contributed by atoms with Crippen LogP contribution in [0.2, 0.25) is 0 Å². The zero-order valence-corrected chi connectivity index (χ0v) is 18.2. The quantitative estimate of drug-likeness (QED) is 0.447. The van der Waals surface area contributed by atoms with Gasteiger partial charge in [0.1, 0.15) is 24.1 Å². The molecule has 1 aliphatic rings. The molecule has 1 aliphatic carbocycles. The normalized spacial score (nSPS) is 14.3. The smallest absolute Gasteiger partial charge is 0.262 e. The maximum atomic E-state index is 13.8. The third-order valence-corrected chi connectivity index (χ3v) is 5.67. The Morgan fingerprint density at radius 2 is 2.03 bits per heavy atom. The Bertz CT molecular complexity index is 994. The molecule has 0 atom stereocenters. The molecule has 1 amide bonds. The third-order valence-electron chi connectivity index (χ3n) is 4.98. The number of rotatable bonds is 7. The molecule has 1 saturated carbocycles. The summed E-state index contributed by atoms with van der Waals surface area (Å²) in [6, 6.07) is 11.8. The van der Waals surface area contributed by atoms with Crippen molar-refractivity contribution in [2.75, 3.05) is 7.11 Å². The fourth-order valence-electron chi connectivity index (χ4n) is 3.34. The molecule has 2 aromatic rings. The molecule has 1 N–H and O–H groups in total. The van der Waals surface area contributed by atoms with Crippen molar-refractivity contribution in [3.05, 3.63) is 63.4 Å². The van der Waals surface area contributed by atoms with Crippen LogP contribution in [0.4, 0.5) is 4.39 Å². The predicted octanol–water partition coefficient (Wildman–Crippen LogP) is 5.14. The summed E-state index contributed by atoms with van der Waals surface area (Å²) >= 11 is 3.45. The minimum absolute atomic E-state index is 0.0182. The van der Waals surface area contributed by atoms with Crippen LogP contribution in [0.15, 0.2) is 46.4 Å². The van der Waals surface area contributed by atoms with Crippen LogP contribution in [-0.2, 0) is 11.4 Å². The average Bonchev–Trinajstić information content (AvgIpc) is 3.25. The molecule has 0 heterocycles. The minimum atomic E-state index is -0.379. The number of nitrogens with one attached hydrogen (secondary N) is 1. The highest BCUT2D eigenvalue weighted by Gasteiger charge is 2.20. The zero-order valence-electron chi connectivity index (χ0n) is 16.6. The lowest BCUT2D eigenvalue weighted by Crippen LogP contribution is -2.33. The van der Waals surface area contributed by atoms with Gasteiger partial charge in [0.05, 0.1) is 7.11 Å². The number of ether oxygens (including phenoxy) is 2. The van der Waals surface area contributed by atoms with Crippen LogP contribution in [0.25, 0.3) is 6.08 Å². The van der Waals surface area contributed by atoms with Crippen molar-refractivity contribution in [1.82, 2.24) is 5.32 Å². The van der Waals surface area contributed by atoms with Gasteiger partial charge in [-0.15, -0.1) is 0 Å². The van der Waals surface area contributed by atoms with Crippen molar-refractivity contribution in [2.45, 2.75) is 38.3 Å². The molecule has 3 rings (SSSR count). The van der Waals surface area contributed by atoms with E-state index in [9.17, 15) is 14.4 Å². The van der Waals surface area contributed by atoms with Crippen LogP contribution in [0, 0.1) is 17.1 Å². The summed E-state index contributed by atoms with van der Waals surface area (Å²) in [5, 5.41) is 12.4. The Morgan fingerprint density at radius 3 is 2.70 bits per heavy atom. The topological polar surface area (TPSA) is 71.3 Å². The summed E-state index contributed by atoms with van der Waals surface area (Å²) in [7, 11) is 1.49. The summed E-state index contributed by atoms with van der Waals surface area (Å²) in [5.74, 6) is 0.102. The van der Waals surface area contributed by atoms with Gasteiger partial charge in [-0.2, -0.15) is 5.26 Å².